The van der Waals surface area contributed by atoms with E-state index in [-0.39, 0.29) is 5.91 Å². The summed E-state index contributed by atoms with van der Waals surface area (Å²) in [5, 5.41) is 0. The number of ether oxygens (including phenoxy) is 1. The van der Waals surface area contributed by atoms with Gasteiger partial charge in [-0.2, -0.15) is 0 Å². The Hall–Kier alpha value is -2.56. The van der Waals surface area contributed by atoms with Crippen LogP contribution in [0.25, 0.3) is 0 Å². The van der Waals surface area contributed by atoms with Crippen LogP contribution in [0.5, 0.6) is 5.75 Å². The van der Waals surface area contributed by atoms with Gasteiger partial charge in [0.2, 0.25) is 0 Å². The van der Waals surface area contributed by atoms with Crippen LogP contribution in [0.3, 0.4) is 0 Å². The number of carbonyl (C=O) groups excluding carboxylic acids is 1. The van der Waals surface area contributed by atoms with Crippen molar-refractivity contribution in [2.45, 2.75) is 25.7 Å². The number of carbonyl (C=O) groups is 1. The molecule has 5 heteroatoms. The topological polar surface area (TPSA) is 45.7 Å². The number of anilines is 2. The number of hydrogen-bond acceptors (Lipinski definition) is 4. The molecule has 1 fully saturated rings. The van der Waals surface area contributed by atoms with E-state index in [0.717, 1.165) is 30.3 Å². The Morgan fingerprint density at radius 2 is 1.76 bits per heavy atom. The van der Waals surface area contributed by atoms with Crippen LogP contribution in [0.4, 0.5) is 11.5 Å². The van der Waals surface area contributed by atoms with Gasteiger partial charge in [0.1, 0.15) is 18.2 Å². The number of amides is 1. The van der Waals surface area contributed by atoms with E-state index in [4.69, 9.17) is 4.74 Å². The first kappa shape index (κ1) is 15.9. The van der Waals surface area contributed by atoms with E-state index in [2.05, 4.69) is 9.88 Å². The van der Waals surface area contributed by atoms with Gasteiger partial charge < -0.3 is 14.5 Å². The molecule has 3 heterocycles. The number of para-hydroxylation sites is 2. The summed E-state index contributed by atoms with van der Waals surface area (Å²) in [4.78, 5) is 21.6. The molecule has 0 bridgehead atoms. The molecule has 2 aliphatic rings. The van der Waals surface area contributed by atoms with Crippen molar-refractivity contribution < 1.29 is 9.53 Å². The van der Waals surface area contributed by atoms with Gasteiger partial charge in [-0.25, -0.2) is 4.98 Å². The van der Waals surface area contributed by atoms with Gasteiger partial charge in [0.05, 0.1) is 17.8 Å². The highest BCUT2D eigenvalue weighted by atomic mass is 16.5. The fourth-order valence-electron chi connectivity index (χ4n) is 3.54. The number of fused-ring (bicyclic) bond motifs is 1. The van der Waals surface area contributed by atoms with E-state index in [9.17, 15) is 4.79 Å². The molecule has 0 saturated carbocycles. The second-order valence-corrected chi connectivity index (χ2v) is 6.58. The van der Waals surface area contributed by atoms with Crippen molar-refractivity contribution >= 4 is 17.4 Å². The fraction of sp³-hybridized carbons (Fsp3) is 0.400. The lowest BCUT2D eigenvalue weighted by Gasteiger charge is -2.29. The number of pyridine rings is 1. The van der Waals surface area contributed by atoms with E-state index in [1.54, 1.807) is 11.1 Å². The Bertz CT molecular complexity index is 737. The minimum absolute atomic E-state index is 0.0225. The molecule has 130 valence electrons. The van der Waals surface area contributed by atoms with Gasteiger partial charge in [-0.15, -0.1) is 0 Å². The Balaban J connectivity index is 1.53. The zero-order valence-corrected chi connectivity index (χ0v) is 14.4. The standard InChI is InChI=1S/C20H23N3O2/c24-20(23-13-14-25-18-8-4-3-7-17(18)23)16-9-10-19(21-15-16)22-11-5-1-2-6-12-22/h3-4,7-10,15H,1-2,5-6,11-14H2. The average Bonchev–Trinajstić information content (AvgIpc) is 2.97. The fourth-order valence-corrected chi connectivity index (χ4v) is 3.54. The molecule has 0 aliphatic carbocycles. The number of hydrogen-bond donors (Lipinski definition) is 0. The zero-order valence-electron chi connectivity index (χ0n) is 14.4. The smallest absolute Gasteiger partial charge is 0.260 e. The first-order valence-electron chi connectivity index (χ1n) is 9.07. The van der Waals surface area contributed by atoms with Crippen LogP contribution in [0.15, 0.2) is 42.6 Å². The SMILES string of the molecule is O=C(c1ccc(N2CCCCCC2)nc1)N1CCOc2ccccc21. The van der Waals surface area contributed by atoms with Gasteiger partial charge in [0.15, 0.2) is 0 Å². The summed E-state index contributed by atoms with van der Waals surface area (Å²) >= 11 is 0. The third kappa shape index (κ3) is 3.31. The maximum atomic E-state index is 12.9. The maximum Gasteiger partial charge on any atom is 0.260 e. The summed E-state index contributed by atoms with van der Waals surface area (Å²) in [7, 11) is 0. The van der Waals surface area contributed by atoms with Crippen LogP contribution in [0, 0.1) is 0 Å². The van der Waals surface area contributed by atoms with E-state index >= 15 is 0 Å². The molecule has 0 N–H and O–H groups in total. The number of nitrogens with zero attached hydrogens (tertiary/aromatic N) is 3. The van der Waals surface area contributed by atoms with E-state index in [0.29, 0.717) is 18.7 Å². The van der Waals surface area contributed by atoms with Crippen LogP contribution < -0.4 is 14.5 Å². The molecule has 0 atom stereocenters. The first-order valence-corrected chi connectivity index (χ1v) is 9.07. The number of rotatable bonds is 2. The molecule has 1 amide bonds. The van der Waals surface area contributed by atoms with E-state index < -0.39 is 0 Å². The molecule has 1 saturated heterocycles. The van der Waals surface area contributed by atoms with Crippen LogP contribution in [-0.4, -0.2) is 37.1 Å². The monoisotopic (exact) mass is 337 g/mol. The molecular weight excluding hydrogens is 314 g/mol. The Labute approximate surface area is 148 Å². The van der Waals surface area contributed by atoms with Crippen LogP contribution >= 0.6 is 0 Å². The van der Waals surface area contributed by atoms with Crippen molar-refractivity contribution in [3.63, 3.8) is 0 Å². The second kappa shape index (κ2) is 7.13. The quantitative estimate of drug-likeness (QED) is 0.841. The molecule has 1 aromatic heterocycles. The number of aromatic nitrogens is 1. The zero-order chi connectivity index (χ0) is 17.1. The highest BCUT2D eigenvalue weighted by molar-refractivity contribution is 6.07. The lowest BCUT2D eigenvalue weighted by molar-refractivity contribution is 0.0976. The van der Waals surface area contributed by atoms with Gasteiger partial charge >= 0.3 is 0 Å². The minimum atomic E-state index is -0.0225. The maximum absolute atomic E-state index is 12.9. The van der Waals surface area contributed by atoms with Gasteiger partial charge in [0, 0.05) is 19.3 Å². The number of benzene rings is 1. The van der Waals surface area contributed by atoms with Crippen molar-refractivity contribution in [3.05, 3.63) is 48.2 Å². The summed E-state index contributed by atoms with van der Waals surface area (Å²) < 4.78 is 5.63. The Morgan fingerprint density at radius 3 is 2.52 bits per heavy atom. The van der Waals surface area contributed by atoms with Gasteiger partial charge in [-0.1, -0.05) is 25.0 Å². The molecule has 2 aromatic rings. The highest BCUT2D eigenvalue weighted by Crippen LogP contribution is 2.32. The summed E-state index contributed by atoms with van der Waals surface area (Å²) in [5.74, 6) is 1.71. The Kier molecular flexibility index (Phi) is 4.55. The predicted octanol–water partition coefficient (Wildman–Crippen LogP) is 3.50. The van der Waals surface area contributed by atoms with Crippen LogP contribution in [0.2, 0.25) is 0 Å². The lowest BCUT2D eigenvalue weighted by atomic mass is 10.2. The van der Waals surface area contributed by atoms with Crippen LogP contribution in [0.1, 0.15) is 36.0 Å². The van der Waals surface area contributed by atoms with Crippen molar-refractivity contribution in [1.29, 1.82) is 0 Å². The normalized spacial score (nSPS) is 17.4. The summed E-state index contributed by atoms with van der Waals surface area (Å²) in [6.45, 7) is 3.18. The Morgan fingerprint density at radius 1 is 0.960 bits per heavy atom. The third-order valence-electron chi connectivity index (χ3n) is 4.90. The molecule has 0 spiro atoms. The molecule has 4 rings (SSSR count). The summed E-state index contributed by atoms with van der Waals surface area (Å²) in [6.07, 6.45) is 6.73. The van der Waals surface area contributed by atoms with E-state index in [1.807, 2.05) is 36.4 Å². The molecule has 25 heavy (non-hydrogen) atoms. The van der Waals surface area contributed by atoms with Crippen molar-refractivity contribution in [2.75, 3.05) is 36.0 Å². The average molecular weight is 337 g/mol. The lowest BCUT2D eigenvalue weighted by Crippen LogP contribution is -2.38. The highest BCUT2D eigenvalue weighted by Gasteiger charge is 2.24. The molecule has 1 aromatic carbocycles. The predicted molar refractivity (Wildman–Crippen MR) is 98.5 cm³/mol. The molecule has 0 unspecified atom stereocenters. The van der Waals surface area contributed by atoms with E-state index in [1.165, 1.54) is 25.7 Å². The summed E-state index contributed by atoms with van der Waals surface area (Å²) in [6, 6.07) is 11.5. The van der Waals surface area contributed by atoms with Gasteiger partial charge in [-0.3, -0.25) is 4.79 Å². The van der Waals surface area contributed by atoms with Gasteiger partial charge in [0.25, 0.3) is 5.91 Å². The van der Waals surface area contributed by atoms with Crippen molar-refractivity contribution in [2.24, 2.45) is 0 Å². The largest absolute Gasteiger partial charge is 0.490 e. The molecular formula is C20H23N3O2. The van der Waals surface area contributed by atoms with Crippen LogP contribution in [-0.2, 0) is 0 Å². The van der Waals surface area contributed by atoms with Gasteiger partial charge in [-0.05, 0) is 37.1 Å². The summed E-state index contributed by atoms with van der Waals surface area (Å²) in [5.41, 5.74) is 1.45. The molecule has 5 nitrogen and oxygen atoms in total. The molecule has 0 radical (unpaired) electrons. The second-order valence-electron chi connectivity index (χ2n) is 6.58. The third-order valence-corrected chi connectivity index (χ3v) is 4.90. The first-order chi connectivity index (χ1) is 12.3. The van der Waals surface area contributed by atoms with Crippen molar-refractivity contribution in [3.8, 4) is 5.75 Å². The minimum Gasteiger partial charge on any atom is -0.490 e. The molecule has 2 aliphatic heterocycles. The van der Waals surface area contributed by atoms with Crippen molar-refractivity contribution in [1.82, 2.24) is 4.98 Å².